The van der Waals surface area contributed by atoms with Gasteiger partial charge in [0.15, 0.2) is 0 Å². The summed E-state index contributed by atoms with van der Waals surface area (Å²) in [7, 11) is 0. The number of aromatic amines is 1. The van der Waals surface area contributed by atoms with Crippen LogP contribution in [-0.2, 0) is 0 Å². The first-order chi connectivity index (χ1) is 9.26. The lowest BCUT2D eigenvalue weighted by molar-refractivity contribution is 1.26. The first kappa shape index (κ1) is 11.7. The normalized spacial score (nSPS) is 10.4. The van der Waals surface area contributed by atoms with E-state index in [1.807, 2.05) is 12.1 Å². The Labute approximate surface area is 116 Å². The molecule has 2 aromatic heterocycles. The van der Waals surface area contributed by atoms with Crippen molar-refractivity contribution in [3.8, 4) is 11.4 Å². The smallest absolute Gasteiger partial charge is 0.140 e. The fraction of sp³-hybridized carbons (Fsp3) is 0. The van der Waals surface area contributed by atoms with Gasteiger partial charge in [-0.05, 0) is 39.7 Å². The maximum Gasteiger partial charge on any atom is 0.140 e. The standard InChI is InChI=1S/C12H7BrN6/c13-8-3-7(5-15-6-8)12-16-10-2-1-9(18-19-14)4-11(10)17-12/h1-6H,(H,16,17). The molecular formula is C12H7BrN6. The van der Waals surface area contributed by atoms with E-state index in [4.69, 9.17) is 5.53 Å². The fourth-order valence-corrected chi connectivity index (χ4v) is 2.15. The molecule has 0 unspecified atom stereocenters. The summed E-state index contributed by atoms with van der Waals surface area (Å²) in [6.07, 6.45) is 3.45. The highest BCUT2D eigenvalue weighted by Crippen LogP contribution is 2.25. The topological polar surface area (TPSA) is 90.3 Å². The molecule has 0 radical (unpaired) electrons. The van der Waals surface area contributed by atoms with E-state index in [2.05, 4.69) is 40.9 Å². The quantitative estimate of drug-likeness (QED) is 0.433. The second-order valence-electron chi connectivity index (χ2n) is 3.87. The number of imidazole rings is 1. The Morgan fingerprint density at radius 1 is 1.26 bits per heavy atom. The Bertz CT molecular complexity index is 803. The van der Waals surface area contributed by atoms with Crippen LogP contribution in [0.5, 0.6) is 0 Å². The minimum atomic E-state index is 0.553. The largest absolute Gasteiger partial charge is 0.338 e. The van der Waals surface area contributed by atoms with Gasteiger partial charge < -0.3 is 4.98 Å². The fourth-order valence-electron chi connectivity index (χ4n) is 1.79. The predicted octanol–water partition coefficient (Wildman–Crippen LogP) is 4.33. The summed E-state index contributed by atoms with van der Waals surface area (Å²) in [5.41, 5.74) is 11.5. The van der Waals surface area contributed by atoms with Crippen molar-refractivity contribution in [1.82, 2.24) is 15.0 Å². The van der Waals surface area contributed by atoms with Crippen LogP contribution in [0.4, 0.5) is 5.69 Å². The molecule has 6 nitrogen and oxygen atoms in total. The van der Waals surface area contributed by atoms with Gasteiger partial charge in [-0.2, -0.15) is 0 Å². The number of nitrogens with one attached hydrogen (secondary N) is 1. The van der Waals surface area contributed by atoms with Crippen LogP contribution < -0.4 is 0 Å². The summed E-state index contributed by atoms with van der Waals surface area (Å²) in [6.45, 7) is 0. The van der Waals surface area contributed by atoms with Crippen molar-refractivity contribution in [1.29, 1.82) is 0 Å². The van der Waals surface area contributed by atoms with Gasteiger partial charge in [0.05, 0.1) is 11.0 Å². The van der Waals surface area contributed by atoms with Crippen molar-refractivity contribution in [3.63, 3.8) is 0 Å². The van der Waals surface area contributed by atoms with E-state index < -0.39 is 0 Å². The highest BCUT2D eigenvalue weighted by Gasteiger charge is 2.06. The molecule has 0 amide bonds. The lowest BCUT2D eigenvalue weighted by Crippen LogP contribution is -1.82. The number of fused-ring (bicyclic) bond motifs is 1. The molecule has 19 heavy (non-hydrogen) atoms. The Kier molecular flexibility index (Phi) is 2.91. The molecule has 0 aliphatic rings. The van der Waals surface area contributed by atoms with Gasteiger partial charge in [-0.1, -0.05) is 11.2 Å². The zero-order valence-corrected chi connectivity index (χ0v) is 11.2. The minimum absolute atomic E-state index is 0.553. The third-order valence-corrected chi connectivity index (χ3v) is 3.04. The van der Waals surface area contributed by atoms with Crippen molar-refractivity contribution in [2.45, 2.75) is 0 Å². The van der Waals surface area contributed by atoms with Gasteiger partial charge in [-0.3, -0.25) is 4.98 Å². The monoisotopic (exact) mass is 314 g/mol. The third kappa shape index (κ3) is 2.29. The first-order valence-corrected chi connectivity index (χ1v) is 6.21. The molecule has 1 N–H and O–H groups in total. The molecule has 1 aromatic carbocycles. The van der Waals surface area contributed by atoms with Crippen molar-refractivity contribution < 1.29 is 0 Å². The molecule has 0 bridgehead atoms. The van der Waals surface area contributed by atoms with Crippen molar-refractivity contribution in [2.75, 3.05) is 0 Å². The van der Waals surface area contributed by atoms with E-state index in [9.17, 15) is 0 Å². The molecule has 0 aliphatic heterocycles. The van der Waals surface area contributed by atoms with Gasteiger partial charge in [-0.25, -0.2) is 4.98 Å². The summed E-state index contributed by atoms with van der Waals surface area (Å²) >= 11 is 3.38. The van der Waals surface area contributed by atoms with Crippen LogP contribution in [0.25, 0.3) is 32.9 Å². The molecule has 0 spiro atoms. The van der Waals surface area contributed by atoms with Crippen LogP contribution in [0.3, 0.4) is 0 Å². The predicted molar refractivity (Wildman–Crippen MR) is 75.8 cm³/mol. The molecule has 0 saturated carbocycles. The summed E-state index contributed by atoms with van der Waals surface area (Å²) in [6, 6.07) is 7.23. The number of hydrogen-bond donors (Lipinski definition) is 1. The maximum atomic E-state index is 8.42. The van der Waals surface area contributed by atoms with Crippen LogP contribution in [0, 0.1) is 0 Å². The summed E-state index contributed by atoms with van der Waals surface area (Å²) in [5, 5.41) is 3.57. The number of hydrogen-bond acceptors (Lipinski definition) is 3. The Hall–Kier alpha value is -2.37. The summed E-state index contributed by atoms with van der Waals surface area (Å²) < 4.78 is 0.889. The second kappa shape index (κ2) is 4.72. The van der Waals surface area contributed by atoms with E-state index in [1.54, 1.807) is 24.5 Å². The minimum Gasteiger partial charge on any atom is -0.338 e. The molecular weight excluding hydrogens is 308 g/mol. The number of azide groups is 1. The van der Waals surface area contributed by atoms with Gasteiger partial charge in [-0.15, -0.1) is 0 Å². The van der Waals surface area contributed by atoms with E-state index in [0.29, 0.717) is 5.69 Å². The van der Waals surface area contributed by atoms with Gasteiger partial charge >= 0.3 is 0 Å². The molecule has 3 rings (SSSR count). The molecule has 3 aromatic rings. The molecule has 0 atom stereocenters. The lowest BCUT2D eigenvalue weighted by Gasteiger charge is -1.95. The maximum absolute atomic E-state index is 8.42. The first-order valence-electron chi connectivity index (χ1n) is 5.42. The summed E-state index contributed by atoms with van der Waals surface area (Å²) in [5.74, 6) is 0.724. The van der Waals surface area contributed by atoms with E-state index in [0.717, 1.165) is 26.9 Å². The third-order valence-electron chi connectivity index (χ3n) is 2.60. The number of aromatic nitrogens is 3. The van der Waals surface area contributed by atoms with Crippen molar-refractivity contribution in [2.24, 2.45) is 5.11 Å². The Balaban J connectivity index is 2.13. The van der Waals surface area contributed by atoms with Crippen LogP contribution >= 0.6 is 15.9 Å². The molecule has 0 aliphatic carbocycles. The van der Waals surface area contributed by atoms with Gasteiger partial charge in [0.1, 0.15) is 5.82 Å². The van der Waals surface area contributed by atoms with E-state index >= 15 is 0 Å². The number of pyridine rings is 1. The Morgan fingerprint density at radius 2 is 2.16 bits per heavy atom. The van der Waals surface area contributed by atoms with Crippen LogP contribution in [0.2, 0.25) is 0 Å². The SMILES string of the molecule is [N-]=[N+]=Nc1ccc2nc(-c3cncc(Br)c3)[nH]c2c1. The van der Waals surface area contributed by atoms with Gasteiger partial charge in [0, 0.05) is 33.0 Å². The number of benzene rings is 1. The number of H-pyrrole nitrogens is 1. The van der Waals surface area contributed by atoms with Crippen LogP contribution in [0.1, 0.15) is 0 Å². The highest BCUT2D eigenvalue weighted by atomic mass is 79.9. The average Bonchev–Trinajstić information content (AvgIpc) is 2.82. The molecule has 0 fully saturated rings. The molecule has 2 heterocycles. The van der Waals surface area contributed by atoms with Crippen LogP contribution in [-0.4, -0.2) is 15.0 Å². The number of halogens is 1. The number of rotatable bonds is 2. The molecule has 0 saturated heterocycles. The Morgan fingerprint density at radius 3 is 2.95 bits per heavy atom. The van der Waals surface area contributed by atoms with Crippen molar-refractivity contribution >= 4 is 32.7 Å². The second-order valence-corrected chi connectivity index (χ2v) is 4.78. The zero-order valence-electron chi connectivity index (χ0n) is 9.58. The molecule has 92 valence electrons. The van der Waals surface area contributed by atoms with Crippen LogP contribution in [0.15, 0.2) is 46.2 Å². The summed E-state index contributed by atoms with van der Waals surface area (Å²) in [4.78, 5) is 14.5. The van der Waals surface area contributed by atoms with E-state index in [-0.39, 0.29) is 0 Å². The molecule has 7 heteroatoms. The van der Waals surface area contributed by atoms with Crippen molar-refractivity contribution in [3.05, 3.63) is 51.6 Å². The average molecular weight is 315 g/mol. The van der Waals surface area contributed by atoms with E-state index in [1.165, 1.54) is 0 Å². The highest BCUT2D eigenvalue weighted by molar-refractivity contribution is 9.10. The van der Waals surface area contributed by atoms with Gasteiger partial charge in [0.25, 0.3) is 0 Å². The number of nitrogens with zero attached hydrogens (tertiary/aromatic N) is 5. The zero-order chi connectivity index (χ0) is 13.2. The van der Waals surface area contributed by atoms with Gasteiger partial charge in [0.2, 0.25) is 0 Å². The lowest BCUT2D eigenvalue weighted by atomic mass is 10.3.